The minimum Gasteiger partial charge on any atom is -0.465 e. The molecule has 3 fully saturated rings. The van der Waals surface area contributed by atoms with Gasteiger partial charge in [0.2, 0.25) is 5.91 Å². The summed E-state index contributed by atoms with van der Waals surface area (Å²) in [7, 11) is 0. The van der Waals surface area contributed by atoms with E-state index in [-0.39, 0.29) is 37.5 Å². The molecule has 3 saturated heterocycles. The third-order valence-electron chi connectivity index (χ3n) is 9.98. The van der Waals surface area contributed by atoms with Crippen LogP contribution in [0.25, 0.3) is 0 Å². The fraction of sp³-hybridized carbons (Fsp3) is 0.618. The summed E-state index contributed by atoms with van der Waals surface area (Å²) in [5.41, 5.74) is -0.421. The van der Waals surface area contributed by atoms with Crippen LogP contribution in [0.3, 0.4) is 0 Å². The average molecular weight is 596 g/mol. The number of aliphatic hydroxyl groups is 1. The molecule has 0 saturated carbocycles. The number of amides is 2. The normalized spacial score (nSPS) is 28.7. The minimum atomic E-state index is -1.22. The number of carbonyl (C=O) groups is 3. The Bertz CT molecular complexity index is 1200. The van der Waals surface area contributed by atoms with Gasteiger partial charge in [-0.15, -0.1) is 13.2 Å². The van der Waals surface area contributed by atoms with Crippen LogP contribution in [-0.4, -0.2) is 83.9 Å². The largest absolute Gasteiger partial charge is 0.465 e. The van der Waals surface area contributed by atoms with Crippen molar-refractivity contribution in [3.8, 4) is 0 Å². The smallest absolute Gasteiger partial charge is 0.312 e. The maximum Gasteiger partial charge on any atom is 0.312 e. The predicted octanol–water partition coefficient (Wildman–Crippen LogP) is 4.34. The molecule has 1 aromatic rings. The lowest BCUT2D eigenvalue weighted by atomic mass is 9.66. The molecule has 1 aromatic carbocycles. The topological polar surface area (TPSA) is 99.6 Å². The standard InChI is InChI=1S/C34H49N3O6/c1-8-13-21-42-32(41)28-27-30(39)37(26(22-38)23(6)10-3)29(34(27)19-18-33(28,7)43-34)31(40)36(20-9-2)25-16-14-24(15-17-25)35(11-4)12-5/h8-9,14-17,23,26-29,38H,1-2,10-13,18-22H2,3-7H3/t23-,26-,27-,28+,29?,33-,34?/m0/s1. The van der Waals surface area contributed by atoms with E-state index < -0.39 is 41.1 Å². The Labute approximate surface area is 256 Å². The molecule has 9 heteroatoms. The Morgan fingerprint density at radius 2 is 1.79 bits per heavy atom. The summed E-state index contributed by atoms with van der Waals surface area (Å²) in [6.45, 7) is 19.4. The third-order valence-corrected chi connectivity index (χ3v) is 9.98. The van der Waals surface area contributed by atoms with Crippen LogP contribution in [0.5, 0.6) is 0 Å². The molecular weight excluding hydrogens is 546 g/mol. The molecule has 7 atom stereocenters. The van der Waals surface area contributed by atoms with Crippen molar-refractivity contribution in [3.63, 3.8) is 0 Å². The molecule has 236 valence electrons. The maximum absolute atomic E-state index is 14.9. The molecule has 43 heavy (non-hydrogen) atoms. The lowest BCUT2D eigenvalue weighted by Crippen LogP contribution is -2.60. The molecule has 2 bridgehead atoms. The van der Waals surface area contributed by atoms with Gasteiger partial charge in [0, 0.05) is 31.0 Å². The Kier molecular flexibility index (Phi) is 10.1. The van der Waals surface area contributed by atoms with Gasteiger partial charge in [0.1, 0.15) is 17.6 Å². The Hall–Kier alpha value is -3.17. The van der Waals surface area contributed by atoms with Gasteiger partial charge in [-0.3, -0.25) is 14.4 Å². The number of aliphatic hydroxyl groups excluding tert-OH is 1. The van der Waals surface area contributed by atoms with Crippen LogP contribution >= 0.6 is 0 Å². The van der Waals surface area contributed by atoms with E-state index in [1.54, 1.807) is 22.0 Å². The number of hydrogen-bond donors (Lipinski definition) is 1. The number of fused-ring (bicyclic) bond motifs is 1. The van der Waals surface area contributed by atoms with Gasteiger partial charge in [-0.1, -0.05) is 32.4 Å². The van der Waals surface area contributed by atoms with Crippen molar-refractivity contribution in [2.45, 2.75) is 83.6 Å². The highest BCUT2D eigenvalue weighted by atomic mass is 16.6. The summed E-state index contributed by atoms with van der Waals surface area (Å²) < 4.78 is 12.4. The lowest BCUT2D eigenvalue weighted by molar-refractivity contribution is -0.160. The molecule has 4 rings (SSSR count). The van der Waals surface area contributed by atoms with E-state index in [0.717, 1.165) is 18.8 Å². The number of carbonyl (C=O) groups excluding carboxylic acids is 3. The highest BCUT2D eigenvalue weighted by Gasteiger charge is 2.79. The molecule has 1 spiro atoms. The molecule has 2 unspecified atom stereocenters. The SMILES string of the molecule is C=CCCOC(=O)[C@H]1[C@H]2C(=O)N([C@@H](CO)[C@@H](C)CC)C(C(=O)N(CC=C)c3ccc(N(CC)CC)cc3)C23CC[C@]1(C)O3. The van der Waals surface area contributed by atoms with Crippen molar-refractivity contribution in [1.82, 2.24) is 4.90 Å². The van der Waals surface area contributed by atoms with Gasteiger partial charge in [0.05, 0.1) is 30.8 Å². The third kappa shape index (κ3) is 5.50. The molecule has 2 amide bonds. The summed E-state index contributed by atoms with van der Waals surface area (Å²) in [4.78, 5) is 48.3. The molecule has 9 nitrogen and oxygen atoms in total. The zero-order valence-electron chi connectivity index (χ0n) is 26.5. The zero-order valence-corrected chi connectivity index (χ0v) is 26.5. The summed E-state index contributed by atoms with van der Waals surface area (Å²) >= 11 is 0. The zero-order chi connectivity index (χ0) is 31.5. The fourth-order valence-corrected chi connectivity index (χ4v) is 7.54. The molecule has 3 heterocycles. The van der Waals surface area contributed by atoms with Gasteiger partial charge in [-0.25, -0.2) is 0 Å². The van der Waals surface area contributed by atoms with E-state index in [2.05, 4.69) is 31.9 Å². The molecular formula is C34H49N3O6. The van der Waals surface area contributed by atoms with E-state index in [0.29, 0.717) is 31.4 Å². The second-order valence-electron chi connectivity index (χ2n) is 12.3. The van der Waals surface area contributed by atoms with E-state index in [9.17, 15) is 19.5 Å². The first-order chi connectivity index (χ1) is 20.6. The first-order valence-electron chi connectivity index (χ1n) is 15.8. The van der Waals surface area contributed by atoms with Gasteiger partial charge in [0.25, 0.3) is 5.91 Å². The molecule has 3 aliphatic heterocycles. The first kappa shape index (κ1) is 32.7. The number of likely N-dealkylation sites (tertiary alicyclic amines) is 1. The number of anilines is 2. The van der Waals surface area contributed by atoms with Crippen molar-refractivity contribution in [1.29, 1.82) is 0 Å². The van der Waals surface area contributed by atoms with Gasteiger partial charge in [0.15, 0.2) is 0 Å². The monoisotopic (exact) mass is 595 g/mol. The lowest BCUT2D eigenvalue weighted by Gasteiger charge is -2.41. The summed E-state index contributed by atoms with van der Waals surface area (Å²) in [5.74, 6) is -2.95. The minimum absolute atomic E-state index is 0.0912. The Balaban J connectivity index is 1.80. The molecule has 3 aliphatic rings. The molecule has 0 radical (unpaired) electrons. The number of rotatable bonds is 15. The Morgan fingerprint density at radius 3 is 2.35 bits per heavy atom. The maximum atomic E-state index is 14.9. The summed E-state index contributed by atoms with van der Waals surface area (Å²) in [6.07, 6.45) is 5.50. The van der Waals surface area contributed by atoms with Gasteiger partial charge in [-0.2, -0.15) is 0 Å². The Morgan fingerprint density at radius 1 is 1.14 bits per heavy atom. The van der Waals surface area contributed by atoms with Crippen molar-refractivity contribution in [2.75, 3.05) is 42.6 Å². The fourth-order valence-electron chi connectivity index (χ4n) is 7.54. The number of hydrogen-bond acceptors (Lipinski definition) is 7. The van der Waals surface area contributed by atoms with E-state index in [4.69, 9.17) is 9.47 Å². The van der Waals surface area contributed by atoms with Crippen molar-refractivity contribution in [2.24, 2.45) is 17.8 Å². The van der Waals surface area contributed by atoms with Gasteiger partial charge in [-0.05, 0) is 70.2 Å². The second kappa shape index (κ2) is 13.2. The quantitative estimate of drug-likeness (QED) is 0.183. The summed E-state index contributed by atoms with van der Waals surface area (Å²) in [5, 5.41) is 10.6. The highest BCUT2D eigenvalue weighted by molar-refractivity contribution is 6.05. The van der Waals surface area contributed by atoms with E-state index in [1.807, 2.05) is 45.0 Å². The van der Waals surface area contributed by atoms with Crippen LogP contribution in [0.1, 0.15) is 60.3 Å². The van der Waals surface area contributed by atoms with Crippen molar-refractivity contribution in [3.05, 3.63) is 49.6 Å². The van der Waals surface area contributed by atoms with Gasteiger partial charge >= 0.3 is 5.97 Å². The molecule has 0 aliphatic carbocycles. The number of ether oxygens (including phenoxy) is 2. The van der Waals surface area contributed by atoms with Crippen LogP contribution in [0, 0.1) is 17.8 Å². The van der Waals surface area contributed by atoms with E-state index >= 15 is 0 Å². The highest BCUT2D eigenvalue weighted by Crippen LogP contribution is 2.64. The predicted molar refractivity (Wildman–Crippen MR) is 168 cm³/mol. The number of esters is 1. The van der Waals surface area contributed by atoms with Crippen LogP contribution in [0.15, 0.2) is 49.6 Å². The van der Waals surface area contributed by atoms with Crippen LogP contribution < -0.4 is 9.80 Å². The van der Waals surface area contributed by atoms with Crippen LogP contribution in [0.2, 0.25) is 0 Å². The van der Waals surface area contributed by atoms with Crippen molar-refractivity contribution >= 4 is 29.2 Å². The van der Waals surface area contributed by atoms with Crippen LogP contribution in [-0.2, 0) is 23.9 Å². The number of benzene rings is 1. The van der Waals surface area contributed by atoms with Gasteiger partial charge < -0.3 is 29.3 Å². The average Bonchev–Trinajstić information content (AvgIpc) is 3.57. The first-order valence-corrected chi connectivity index (χ1v) is 15.8. The van der Waals surface area contributed by atoms with E-state index in [1.165, 1.54) is 0 Å². The second-order valence-corrected chi connectivity index (χ2v) is 12.3. The molecule has 1 N–H and O–H groups in total. The molecule has 0 aromatic heterocycles. The van der Waals surface area contributed by atoms with Crippen molar-refractivity contribution < 1.29 is 29.0 Å². The van der Waals surface area contributed by atoms with Crippen LogP contribution in [0.4, 0.5) is 11.4 Å². The number of nitrogens with zero attached hydrogens (tertiary/aromatic N) is 3. The summed E-state index contributed by atoms with van der Waals surface area (Å²) in [6, 6.07) is 6.18.